The van der Waals surface area contributed by atoms with Gasteiger partial charge in [0.1, 0.15) is 0 Å². The minimum atomic E-state index is -0.371. The SMILES string of the molecule is Cl.Cl.N[C@H]1C[C@@H](O)CN(c2nc3ccc(Cl)cc3s2)C1. The monoisotopic (exact) mass is 355 g/mol. The number of aromatic nitrogens is 1. The van der Waals surface area contributed by atoms with Crippen LogP contribution in [0, 0.1) is 0 Å². The second-order valence-corrected chi connectivity index (χ2v) is 6.11. The minimum absolute atomic E-state index is 0. The van der Waals surface area contributed by atoms with Crippen LogP contribution in [0.15, 0.2) is 18.2 Å². The summed E-state index contributed by atoms with van der Waals surface area (Å²) in [5, 5.41) is 11.4. The van der Waals surface area contributed by atoms with Crippen LogP contribution in [-0.4, -0.2) is 35.3 Å². The lowest BCUT2D eigenvalue weighted by atomic mass is 10.1. The molecule has 0 bridgehead atoms. The third-order valence-corrected chi connectivity index (χ3v) is 4.38. The number of anilines is 1. The Bertz CT molecular complexity index is 570. The van der Waals surface area contributed by atoms with E-state index in [9.17, 15) is 5.11 Å². The summed E-state index contributed by atoms with van der Waals surface area (Å²) in [6, 6.07) is 5.67. The zero-order valence-corrected chi connectivity index (χ0v) is 13.7. The van der Waals surface area contributed by atoms with Crippen molar-refractivity contribution in [3.63, 3.8) is 0 Å². The van der Waals surface area contributed by atoms with Crippen LogP contribution in [0.3, 0.4) is 0 Å². The van der Waals surface area contributed by atoms with Crippen LogP contribution >= 0.6 is 47.8 Å². The maximum Gasteiger partial charge on any atom is 0.186 e. The van der Waals surface area contributed by atoms with Crippen LogP contribution in [-0.2, 0) is 0 Å². The molecule has 4 nitrogen and oxygen atoms in total. The summed E-state index contributed by atoms with van der Waals surface area (Å²) in [6.45, 7) is 1.34. The summed E-state index contributed by atoms with van der Waals surface area (Å²) in [5.41, 5.74) is 6.86. The van der Waals surface area contributed by atoms with Gasteiger partial charge in [-0.05, 0) is 24.6 Å². The molecular weight excluding hydrogens is 341 g/mol. The molecule has 3 N–H and O–H groups in total. The van der Waals surface area contributed by atoms with Gasteiger partial charge in [0.05, 0.1) is 16.3 Å². The van der Waals surface area contributed by atoms with Crippen molar-refractivity contribution in [3.8, 4) is 0 Å². The molecule has 0 amide bonds. The Morgan fingerprint density at radius 2 is 2.10 bits per heavy atom. The van der Waals surface area contributed by atoms with E-state index in [-0.39, 0.29) is 37.0 Å². The summed E-state index contributed by atoms with van der Waals surface area (Å²) in [7, 11) is 0. The number of rotatable bonds is 1. The molecule has 1 aliphatic heterocycles. The van der Waals surface area contributed by atoms with Gasteiger partial charge in [0.15, 0.2) is 5.13 Å². The number of halogens is 3. The van der Waals surface area contributed by atoms with Gasteiger partial charge in [-0.2, -0.15) is 0 Å². The van der Waals surface area contributed by atoms with Crippen molar-refractivity contribution in [1.29, 1.82) is 0 Å². The average Bonchev–Trinajstić information content (AvgIpc) is 2.70. The molecule has 2 heterocycles. The van der Waals surface area contributed by atoms with E-state index < -0.39 is 0 Å². The van der Waals surface area contributed by atoms with Gasteiger partial charge >= 0.3 is 0 Å². The molecule has 8 heteroatoms. The molecule has 0 saturated carbocycles. The van der Waals surface area contributed by atoms with Crippen LogP contribution in [0.4, 0.5) is 5.13 Å². The van der Waals surface area contributed by atoms with Crippen molar-refractivity contribution >= 4 is 63.1 Å². The van der Waals surface area contributed by atoms with Crippen molar-refractivity contribution in [2.75, 3.05) is 18.0 Å². The van der Waals surface area contributed by atoms with E-state index in [1.165, 1.54) is 0 Å². The smallest absolute Gasteiger partial charge is 0.186 e. The van der Waals surface area contributed by atoms with Crippen molar-refractivity contribution in [3.05, 3.63) is 23.2 Å². The Balaban J connectivity index is 0.000001000. The standard InChI is InChI=1S/C12H14ClN3OS.2ClH/c13-7-1-2-10-11(3-7)18-12(15-10)16-5-8(14)4-9(17)6-16;;/h1-3,8-9,17H,4-6,14H2;2*1H/t8-,9+;;/m0../s1. The molecule has 0 spiro atoms. The molecule has 0 unspecified atom stereocenters. The number of hydrogen-bond acceptors (Lipinski definition) is 5. The highest BCUT2D eigenvalue weighted by Gasteiger charge is 2.25. The molecule has 20 heavy (non-hydrogen) atoms. The van der Waals surface area contributed by atoms with Gasteiger partial charge in [-0.25, -0.2) is 4.98 Å². The Labute approximate surface area is 138 Å². The maximum absolute atomic E-state index is 9.76. The van der Waals surface area contributed by atoms with E-state index in [0.717, 1.165) is 21.9 Å². The van der Waals surface area contributed by atoms with Gasteiger partial charge in [0.25, 0.3) is 0 Å². The highest BCUT2D eigenvalue weighted by molar-refractivity contribution is 7.22. The zero-order valence-electron chi connectivity index (χ0n) is 10.5. The van der Waals surface area contributed by atoms with E-state index in [1.54, 1.807) is 11.3 Å². The molecule has 0 radical (unpaired) electrons. The first-order valence-electron chi connectivity index (χ1n) is 5.86. The van der Waals surface area contributed by atoms with E-state index in [4.69, 9.17) is 17.3 Å². The number of thiazole rings is 1. The quantitative estimate of drug-likeness (QED) is 0.824. The Morgan fingerprint density at radius 1 is 1.35 bits per heavy atom. The van der Waals surface area contributed by atoms with Crippen LogP contribution in [0.2, 0.25) is 5.02 Å². The highest BCUT2D eigenvalue weighted by Crippen LogP contribution is 2.31. The molecule has 2 atom stereocenters. The lowest BCUT2D eigenvalue weighted by molar-refractivity contribution is 0.145. The number of nitrogens with zero attached hydrogens (tertiary/aromatic N) is 2. The summed E-state index contributed by atoms with van der Waals surface area (Å²) < 4.78 is 1.06. The number of β-amino-alcohol motifs (C(OH)–C–C–N with tert-alkyl or cyclic N) is 1. The molecular formula is C12H16Cl3N3OS. The fourth-order valence-electron chi connectivity index (χ4n) is 2.29. The third-order valence-electron chi connectivity index (χ3n) is 3.07. The molecule has 2 aromatic rings. The number of fused-ring (bicyclic) bond motifs is 1. The molecule has 1 aliphatic rings. The third kappa shape index (κ3) is 3.67. The number of benzene rings is 1. The zero-order chi connectivity index (χ0) is 12.7. The summed E-state index contributed by atoms with van der Waals surface area (Å²) in [6.07, 6.45) is 0.289. The molecule has 1 aromatic heterocycles. The van der Waals surface area contributed by atoms with Crippen LogP contribution in [0.5, 0.6) is 0 Å². The molecule has 0 aliphatic carbocycles. The van der Waals surface area contributed by atoms with Crippen molar-refractivity contribution in [2.24, 2.45) is 5.73 Å². The fraction of sp³-hybridized carbons (Fsp3) is 0.417. The minimum Gasteiger partial charge on any atom is -0.391 e. The largest absolute Gasteiger partial charge is 0.391 e. The Kier molecular flexibility index (Phi) is 6.31. The van der Waals surface area contributed by atoms with Crippen LogP contribution < -0.4 is 10.6 Å². The first-order valence-corrected chi connectivity index (χ1v) is 7.06. The number of piperidine rings is 1. The van der Waals surface area contributed by atoms with Crippen LogP contribution in [0.1, 0.15) is 6.42 Å². The summed E-state index contributed by atoms with van der Waals surface area (Å²) in [5.74, 6) is 0. The van der Waals surface area contributed by atoms with E-state index in [2.05, 4.69) is 9.88 Å². The molecule has 1 aromatic carbocycles. The van der Waals surface area contributed by atoms with Crippen molar-refractivity contribution in [2.45, 2.75) is 18.6 Å². The van der Waals surface area contributed by atoms with E-state index in [1.807, 2.05) is 18.2 Å². The van der Waals surface area contributed by atoms with Gasteiger partial charge in [-0.15, -0.1) is 24.8 Å². The second-order valence-electron chi connectivity index (χ2n) is 4.66. The second kappa shape index (κ2) is 7.11. The summed E-state index contributed by atoms with van der Waals surface area (Å²) >= 11 is 7.55. The molecule has 1 fully saturated rings. The van der Waals surface area contributed by atoms with Gasteiger partial charge in [-0.1, -0.05) is 22.9 Å². The Hall–Kier alpha value is -0.300. The van der Waals surface area contributed by atoms with Gasteiger partial charge in [0, 0.05) is 24.2 Å². The van der Waals surface area contributed by atoms with Gasteiger partial charge in [-0.3, -0.25) is 0 Å². The molecule has 112 valence electrons. The number of nitrogens with two attached hydrogens (primary N) is 1. The predicted molar refractivity (Wildman–Crippen MR) is 89.9 cm³/mol. The predicted octanol–water partition coefficient (Wildman–Crippen LogP) is 2.69. The first kappa shape index (κ1) is 17.8. The van der Waals surface area contributed by atoms with Crippen LogP contribution in [0.25, 0.3) is 10.2 Å². The lowest BCUT2D eigenvalue weighted by Crippen LogP contribution is -2.49. The fourth-order valence-corrected chi connectivity index (χ4v) is 3.55. The van der Waals surface area contributed by atoms with Gasteiger partial charge < -0.3 is 15.7 Å². The lowest BCUT2D eigenvalue weighted by Gasteiger charge is -2.33. The first-order chi connectivity index (χ1) is 8.61. The number of aliphatic hydroxyl groups excluding tert-OH is 1. The number of hydrogen-bond donors (Lipinski definition) is 2. The van der Waals surface area contributed by atoms with Crippen molar-refractivity contribution < 1.29 is 5.11 Å². The van der Waals surface area contributed by atoms with E-state index in [0.29, 0.717) is 18.0 Å². The maximum atomic E-state index is 9.76. The topological polar surface area (TPSA) is 62.4 Å². The number of aliphatic hydroxyl groups is 1. The summed E-state index contributed by atoms with van der Waals surface area (Å²) in [4.78, 5) is 6.62. The highest BCUT2D eigenvalue weighted by atomic mass is 35.5. The Morgan fingerprint density at radius 3 is 2.80 bits per heavy atom. The van der Waals surface area contributed by atoms with Crippen molar-refractivity contribution in [1.82, 2.24) is 4.98 Å². The molecule has 1 saturated heterocycles. The van der Waals surface area contributed by atoms with Gasteiger partial charge in [0.2, 0.25) is 0 Å². The normalized spacial score (nSPS) is 22.2. The average molecular weight is 357 g/mol. The van der Waals surface area contributed by atoms with E-state index >= 15 is 0 Å². The molecule has 3 rings (SSSR count).